The Morgan fingerprint density at radius 3 is 2.24 bits per heavy atom. The molecule has 6 aliphatic rings. The number of anilines is 2. The summed E-state index contributed by atoms with van der Waals surface area (Å²) in [7, 11) is 0. The summed E-state index contributed by atoms with van der Waals surface area (Å²) < 4.78 is 21.6. The molecule has 5 aliphatic heterocycles. The molecule has 2 aromatic carbocycles. The van der Waals surface area contributed by atoms with Crippen molar-refractivity contribution in [2.24, 2.45) is 5.92 Å². The average Bonchev–Trinajstić information content (AvgIpc) is 3.69. The van der Waals surface area contributed by atoms with Gasteiger partial charge in [0, 0.05) is 64.3 Å². The van der Waals surface area contributed by atoms with Crippen LogP contribution in [-0.2, 0) is 16.1 Å². The predicted molar refractivity (Wildman–Crippen MR) is 214 cm³/mol. The van der Waals surface area contributed by atoms with Gasteiger partial charge in [-0.2, -0.15) is 5.26 Å². The van der Waals surface area contributed by atoms with Crippen LogP contribution in [0.25, 0.3) is 0 Å². The van der Waals surface area contributed by atoms with Crippen molar-refractivity contribution in [3.63, 3.8) is 0 Å². The number of nitrogens with one attached hydrogen (secondary N) is 1. The van der Waals surface area contributed by atoms with E-state index < -0.39 is 35.5 Å². The van der Waals surface area contributed by atoms with Gasteiger partial charge in [0.15, 0.2) is 0 Å². The molecule has 5 amide bonds. The Morgan fingerprint density at radius 2 is 1.54 bits per heavy atom. The van der Waals surface area contributed by atoms with Gasteiger partial charge in [0.05, 0.1) is 51.3 Å². The Bertz CT molecular complexity index is 2280. The van der Waals surface area contributed by atoms with Crippen LogP contribution in [0.15, 0.2) is 42.5 Å². The van der Waals surface area contributed by atoms with Crippen LogP contribution in [0.5, 0.6) is 5.75 Å². The number of hydrogen-bond donors (Lipinski definition) is 1. The van der Waals surface area contributed by atoms with E-state index in [1.165, 1.54) is 6.07 Å². The first-order valence-electron chi connectivity index (χ1n) is 20.5. The number of nitrogens with zero attached hydrogens (tertiary/aromatic N) is 7. The molecule has 59 heavy (non-hydrogen) atoms. The SMILES string of the molecule is N#Cc1ccc(OC2CCC(N3Cc4nc(N5CCN(CC6CCN(c7cc8c(cc7F)C(=O)N(C7CCC(=O)NC7=O)C8=O)CC6)CC5)ccc4C3=O)CC2)cc1Cl. The summed E-state index contributed by atoms with van der Waals surface area (Å²) in [6.07, 6.45) is 5.09. The number of hydrogen-bond acceptors (Lipinski definition) is 11. The Labute approximate surface area is 345 Å². The monoisotopic (exact) mass is 822 g/mol. The first-order valence-corrected chi connectivity index (χ1v) is 20.9. The first-order chi connectivity index (χ1) is 28.5. The molecule has 4 fully saturated rings. The number of carbonyl (C=O) groups excluding carboxylic acids is 5. The van der Waals surface area contributed by atoms with E-state index in [0.717, 1.165) is 93.7 Å². The van der Waals surface area contributed by atoms with Gasteiger partial charge >= 0.3 is 0 Å². The van der Waals surface area contributed by atoms with Crippen molar-refractivity contribution in [3.05, 3.63) is 81.3 Å². The van der Waals surface area contributed by atoms with Crippen molar-refractivity contribution < 1.29 is 33.1 Å². The summed E-state index contributed by atoms with van der Waals surface area (Å²) in [4.78, 5) is 78.5. The quantitative estimate of drug-likeness (QED) is 0.318. The fourth-order valence-electron chi connectivity index (χ4n) is 9.59. The van der Waals surface area contributed by atoms with Gasteiger partial charge in [0.2, 0.25) is 11.8 Å². The number of fused-ring (bicyclic) bond motifs is 2. The maximum atomic E-state index is 15.5. The molecule has 0 spiro atoms. The third-order valence-electron chi connectivity index (χ3n) is 12.9. The number of rotatable bonds is 8. The second kappa shape index (κ2) is 15.9. The Hall–Kier alpha value is -5.59. The van der Waals surface area contributed by atoms with Crippen LogP contribution in [0.2, 0.25) is 5.02 Å². The minimum atomic E-state index is -1.10. The van der Waals surface area contributed by atoms with Gasteiger partial charge < -0.3 is 19.4 Å². The molecule has 14 nitrogen and oxygen atoms in total. The van der Waals surface area contributed by atoms with Gasteiger partial charge in [0.1, 0.15) is 29.5 Å². The highest BCUT2D eigenvalue weighted by molar-refractivity contribution is 6.31. The summed E-state index contributed by atoms with van der Waals surface area (Å²) in [5.41, 5.74) is 2.22. The first kappa shape index (κ1) is 38.9. The number of benzene rings is 2. The zero-order valence-corrected chi connectivity index (χ0v) is 33.3. The number of ether oxygens (including phenoxy) is 1. The third-order valence-corrected chi connectivity index (χ3v) is 13.2. The highest BCUT2D eigenvalue weighted by atomic mass is 35.5. The lowest BCUT2D eigenvalue weighted by Gasteiger charge is -2.39. The van der Waals surface area contributed by atoms with Crippen molar-refractivity contribution in [1.29, 1.82) is 5.26 Å². The molecule has 0 bridgehead atoms. The standard InChI is InChI=1S/C43H44ClFN8O6/c44-33-19-29(4-1-26(33)22-46)59-28-5-2-27(3-6-28)52-24-35-30(41(52)56)7-9-38(47-35)51-17-15-49(16-18-51)23-25-11-13-50(14-12-25)37-21-32-31(20-34(37)45)42(57)53(43(32)58)36-8-10-39(54)48-40(36)55/h1,4,7,9,19-21,25,27-28,36H,2-3,5-6,8,10-18,23-24H2,(H,48,54,55). The zero-order valence-electron chi connectivity index (χ0n) is 32.5. The van der Waals surface area contributed by atoms with E-state index in [4.69, 9.17) is 26.6 Å². The molecule has 16 heteroatoms. The smallest absolute Gasteiger partial charge is 0.262 e. The maximum Gasteiger partial charge on any atom is 0.262 e. The minimum absolute atomic E-state index is 0.0175. The Morgan fingerprint density at radius 1 is 0.814 bits per heavy atom. The van der Waals surface area contributed by atoms with Crippen molar-refractivity contribution in [2.75, 3.05) is 55.6 Å². The number of nitriles is 1. The van der Waals surface area contributed by atoms with Crippen molar-refractivity contribution in [3.8, 4) is 11.8 Å². The fraction of sp³-hybridized carbons (Fsp3) is 0.465. The summed E-state index contributed by atoms with van der Waals surface area (Å²) in [6, 6.07) is 12.6. The highest BCUT2D eigenvalue weighted by Gasteiger charge is 2.45. The second-order valence-corrected chi connectivity index (χ2v) is 16.8. The van der Waals surface area contributed by atoms with Gasteiger partial charge in [-0.3, -0.25) is 39.1 Å². The normalized spacial score (nSPS) is 24.0. The van der Waals surface area contributed by atoms with Crippen LogP contribution in [-0.4, -0.2) is 113 Å². The molecule has 3 aromatic rings. The number of imide groups is 2. The molecule has 3 saturated heterocycles. The Kier molecular flexibility index (Phi) is 10.5. The van der Waals surface area contributed by atoms with E-state index in [9.17, 15) is 24.0 Å². The van der Waals surface area contributed by atoms with E-state index in [1.54, 1.807) is 18.2 Å². The van der Waals surface area contributed by atoms with Crippen LogP contribution in [0, 0.1) is 23.1 Å². The topological polar surface area (TPSA) is 159 Å². The average molecular weight is 823 g/mol. The summed E-state index contributed by atoms with van der Waals surface area (Å²) in [5.74, 6) is -1.09. The van der Waals surface area contributed by atoms with Gasteiger partial charge in [-0.05, 0) is 87.3 Å². The highest BCUT2D eigenvalue weighted by Crippen LogP contribution is 2.36. The molecule has 9 rings (SSSR count). The van der Waals surface area contributed by atoms with Crippen LogP contribution in [0.3, 0.4) is 0 Å². The van der Waals surface area contributed by atoms with Crippen LogP contribution < -0.4 is 19.9 Å². The third kappa shape index (κ3) is 7.48. The molecule has 1 saturated carbocycles. The number of piperazine rings is 1. The number of halogens is 2. The van der Waals surface area contributed by atoms with Gasteiger partial charge in [-0.1, -0.05) is 11.6 Å². The minimum Gasteiger partial charge on any atom is -0.490 e. The van der Waals surface area contributed by atoms with E-state index in [0.29, 0.717) is 47.5 Å². The molecule has 6 heterocycles. The number of piperidine rings is 2. The molecule has 306 valence electrons. The van der Waals surface area contributed by atoms with E-state index in [1.807, 2.05) is 21.9 Å². The van der Waals surface area contributed by atoms with Crippen LogP contribution in [0.1, 0.15) is 93.7 Å². The maximum absolute atomic E-state index is 15.5. The van der Waals surface area contributed by atoms with Crippen molar-refractivity contribution in [2.45, 2.75) is 76.1 Å². The van der Waals surface area contributed by atoms with E-state index in [2.05, 4.69) is 21.2 Å². The lowest BCUT2D eigenvalue weighted by Crippen LogP contribution is -2.54. The van der Waals surface area contributed by atoms with Crippen molar-refractivity contribution in [1.82, 2.24) is 25.0 Å². The Balaban J connectivity index is 0.739. The largest absolute Gasteiger partial charge is 0.490 e. The summed E-state index contributed by atoms with van der Waals surface area (Å²) in [6.45, 7) is 6.05. The van der Waals surface area contributed by atoms with Crippen molar-refractivity contribution >= 4 is 52.6 Å². The van der Waals surface area contributed by atoms with Crippen LogP contribution >= 0.6 is 11.6 Å². The molecule has 1 N–H and O–H groups in total. The molecular formula is C43H44ClFN8O6. The number of amides is 5. The molecule has 1 unspecified atom stereocenters. The predicted octanol–water partition coefficient (Wildman–Crippen LogP) is 4.53. The van der Waals surface area contributed by atoms with Crippen LogP contribution in [0.4, 0.5) is 15.9 Å². The lowest BCUT2D eigenvalue weighted by atomic mass is 9.92. The summed E-state index contributed by atoms with van der Waals surface area (Å²) >= 11 is 6.19. The fourth-order valence-corrected chi connectivity index (χ4v) is 9.81. The molecule has 1 atom stereocenters. The lowest BCUT2D eigenvalue weighted by molar-refractivity contribution is -0.136. The second-order valence-electron chi connectivity index (χ2n) is 16.4. The van der Waals surface area contributed by atoms with Gasteiger partial charge in [-0.25, -0.2) is 9.37 Å². The van der Waals surface area contributed by atoms with Gasteiger partial charge in [0.25, 0.3) is 17.7 Å². The number of carbonyl (C=O) groups is 5. The number of pyridine rings is 1. The molecule has 1 aromatic heterocycles. The van der Waals surface area contributed by atoms with E-state index >= 15 is 4.39 Å². The molecule has 0 radical (unpaired) electrons. The van der Waals surface area contributed by atoms with Gasteiger partial charge in [-0.15, -0.1) is 0 Å². The molecule has 1 aliphatic carbocycles. The zero-order chi connectivity index (χ0) is 40.9. The van der Waals surface area contributed by atoms with E-state index in [-0.39, 0.29) is 47.7 Å². The summed E-state index contributed by atoms with van der Waals surface area (Å²) in [5, 5.41) is 11.7. The molecular weight excluding hydrogens is 779 g/mol. The number of aromatic nitrogens is 1.